The van der Waals surface area contributed by atoms with Gasteiger partial charge in [-0.3, -0.25) is 9.59 Å². The summed E-state index contributed by atoms with van der Waals surface area (Å²) in [5.41, 5.74) is -0.0268. The number of carbonyl (C=O) groups excluding carboxylic acids is 1. The van der Waals surface area contributed by atoms with Crippen molar-refractivity contribution in [2.24, 2.45) is 0 Å². The van der Waals surface area contributed by atoms with Crippen LogP contribution in [-0.4, -0.2) is 22.5 Å². The van der Waals surface area contributed by atoms with Crippen molar-refractivity contribution in [3.8, 4) is 0 Å². The van der Waals surface area contributed by atoms with Crippen LogP contribution in [0.5, 0.6) is 0 Å². The molecular weight excluding hydrogens is 305 g/mol. The van der Waals surface area contributed by atoms with Crippen LogP contribution in [0.1, 0.15) is 41.9 Å². The van der Waals surface area contributed by atoms with Crippen molar-refractivity contribution >= 4 is 33.3 Å². The van der Waals surface area contributed by atoms with Crippen LogP contribution < -0.4 is 5.32 Å². The first-order valence-electron chi connectivity index (χ1n) is 6.93. The van der Waals surface area contributed by atoms with Gasteiger partial charge in [-0.05, 0) is 44.9 Å². The van der Waals surface area contributed by atoms with Gasteiger partial charge in [-0.2, -0.15) is 0 Å². The van der Waals surface area contributed by atoms with Crippen LogP contribution in [0.4, 0.5) is 4.39 Å². The first kappa shape index (κ1) is 16.4. The SMILES string of the molecule is Cc1c(C(=O)NC(C)(C)CCC(=O)O)sc2cccc(F)c12. The van der Waals surface area contributed by atoms with E-state index in [2.05, 4.69) is 5.32 Å². The molecule has 6 heteroatoms. The summed E-state index contributed by atoms with van der Waals surface area (Å²) in [5, 5.41) is 12.1. The fraction of sp³-hybridized carbons (Fsp3) is 0.375. The number of aryl methyl sites for hydroxylation is 1. The molecule has 0 atom stereocenters. The van der Waals surface area contributed by atoms with E-state index in [1.165, 1.54) is 17.4 Å². The number of thiophene rings is 1. The van der Waals surface area contributed by atoms with E-state index in [1.54, 1.807) is 32.9 Å². The highest BCUT2D eigenvalue weighted by molar-refractivity contribution is 7.21. The second-order valence-corrected chi connectivity index (χ2v) is 6.95. The third-order valence-electron chi connectivity index (χ3n) is 3.53. The summed E-state index contributed by atoms with van der Waals surface area (Å²) in [6.45, 7) is 5.27. The molecule has 4 nitrogen and oxygen atoms in total. The zero-order valence-corrected chi connectivity index (χ0v) is 13.5. The number of benzene rings is 1. The molecule has 1 heterocycles. The predicted octanol–water partition coefficient (Wildman–Crippen LogP) is 3.72. The number of carboxylic acid groups (broad SMARTS) is 1. The van der Waals surface area contributed by atoms with Gasteiger partial charge in [0.1, 0.15) is 5.82 Å². The maximum absolute atomic E-state index is 13.9. The van der Waals surface area contributed by atoms with E-state index in [4.69, 9.17) is 5.11 Å². The summed E-state index contributed by atoms with van der Waals surface area (Å²) >= 11 is 1.24. The summed E-state index contributed by atoms with van der Waals surface area (Å²) < 4.78 is 14.6. The molecule has 2 N–H and O–H groups in total. The summed E-state index contributed by atoms with van der Waals surface area (Å²) in [6, 6.07) is 4.77. The van der Waals surface area contributed by atoms with Gasteiger partial charge in [0.2, 0.25) is 0 Å². The molecule has 2 aromatic rings. The van der Waals surface area contributed by atoms with Gasteiger partial charge in [0.25, 0.3) is 5.91 Å². The molecule has 0 aliphatic rings. The number of carboxylic acids is 1. The zero-order valence-electron chi connectivity index (χ0n) is 12.7. The summed E-state index contributed by atoms with van der Waals surface area (Å²) in [4.78, 5) is 23.6. The molecular formula is C16H18FNO3S. The predicted molar refractivity (Wildman–Crippen MR) is 84.9 cm³/mol. The van der Waals surface area contributed by atoms with Crippen molar-refractivity contribution < 1.29 is 19.1 Å². The third kappa shape index (κ3) is 3.44. The van der Waals surface area contributed by atoms with Gasteiger partial charge in [-0.25, -0.2) is 4.39 Å². The smallest absolute Gasteiger partial charge is 0.303 e. The number of aliphatic carboxylic acids is 1. The van der Waals surface area contributed by atoms with Crippen LogP contribution in [0.3, 0.4) is 0 Å². The molecule has 1 aromatic heterocycles. The van der Waals surface area contributed by atoms with Crippen LogP contribution in [0.15, 0.2) is 18.2 Å². The number of hydrogen-bond donors (Lipinski definition) is 2. The monoisotopic (exact) mass is 323 g/mol. The minimum absolute atomic E-state index is 0.0205. The van der Waals surface area contributed by atoms with Crippen molar-refractivity contribution in [2.75, 3.05) is 0 Å². The number of halogens is 1. The molecule has 0 aliphatic carbocycles. The molecule has 0 aliphatic heterocycles. The Labute approximate surface area is 132 Å². The Morgan fingerprint density at radius 1 is 1.36 bits per heavy atom. The van der Waals surface area contributed by atoms with Crippen LogP contribution >= 0.6 is 11.3 Å². The molecule has 1 amide bonds. The van der Waals surface area contributed by atoms with E-state index < -0.39 is 11.5 Å². The average molecular weight is 323 g/mol. The van der Waals surface area contributed by atoms with E-state index in [9.17, 15) is 14.0 Å². The second kappa shape index (κ2) is 6.04. The van der Waals surface area contributed by atoms with Crippen molar-refractivity contribution in [3.63, 3.8) is 0 Å². The minimum atomic E-state index is -0.901. The lowest BCUT2D eigenvalue weighted by Crippen LogP contribution is -2.43. The average Bonchev–Trinajstić information content (AvgIpc) is 2.75. The maximum atomic E-state index is 13.9. The van der Waals surface area contributed by atoms with Gasteiger partial charge >= 0.3 is 5.97 Å². The van der Waals surface area contributed by atoms with E-state index in [0.717, 1.165) is 4.70 Å². The molecule has 0 fully saturated rings. The number of carbonyl (C=O) groups is 2. The van der Waals surface area contributed by atoms with E-state index in [1.807, 2.05) is 0 Å². The third-order valence-corrected chi connectivity index (χ3v) is 4.78. The summed E-state index contributed by atoms with van der Waals surface area (Å²) in [6.07, 6.45) is 0.305. The fourth-order valence-corrected chi connectivity index (χ4v) is 3.43. The van der Waals surface area contributed by atoms with Gasteiger partial charge in [-0.1, -0.05) is 6.07 Å². The molecule has 0 bridgehead atoms. The second-order valence-electron chi connectivity index (χ2n) is 5.90. The molecule has 0 spiro atoms. The van der Waals surface area contributed by atoms with Gasteiger partial charge in [0.05, 0.1) is 4.88 Å². The lowest BCUT2D eigenvalue weighted by molar-refractivity contribution is -0.137. The van der Waals surface area contributed by atoms with Gasteiger partial charge in [0, 0.05) is 22.0 Å². The maximum Gasteiger partial charge on any atom is 0.303 e. The van der Waals surface area contributed by atoms with Gasteiger partial charge < -0.3 is 10.4 Å². The highest BCUT2D eigenvalue weighted by Crippen LogP contribution is 2.32. The Bertz CT molecular complexity index is 736. The molecule has 22 heavy (non-hydrogen) atoms. The summed E-state index contributed by atoms with van der Waals surface area (Å²) in [5.74, 6) is -1.54. The Morgan fingerprint density at radius 3 is 2.64 bits per heavy atom. The van der Waals surface area contributed by atoms with Crippen LogP contribution in [0.25, 0.3) is 10.1 Å². The summed E-state index contributed by atoms with van der Waals surface area (Å²) in [7, 11) is 0. The first-order chi connectivity index (χ1) is 10.2. The largest absolute Gasteiger partial charge is 0.481 e. The molecule has 0 saturated heterocycles. The minimum Gasteiger partial charge on any atom is -0.481 e. The number of rotatable bonds is 5. The van der Waals surface area contributed by atoms with E-state index in [-0.39, 0.29) is 18.1 Å². The van der Waals surface area contributed by atoms with E-state index >= 15 is 0 Å². The Kier molecular flexibility index (Phi) is 4.51. The van der Waals surface area contributed by atoms with Crippen molar-refractivity contribution in [1.82, 2.24) is 5.32 Å². The lowest BCUT2D eigenvalue weighted by Gasteiger charge is -2.25. The molecule has 0 unspecified atom stereocenters. The Hall–Kier alpha value is -1.95. The number of fused-ring (bicyclic) bond motifs is 1. The zero-order chi connectivity index (χ0) is 16.5. The first-order valence-corrected chi connectivity index (χ1v) is 7.75. The van der Waals surface area contributed by atoms with E-state index in [0.29, 0.717) is 22.2 Å². The Morgan fingerprint density at radius 2 is 2.05 bits per heavy atom. The standard InChI is InChI=1S/C16H18FNO3S/c1-9-13-10(17)5-4-6-11(13)22-14(9)15(21)18-16(2,3)8-7-12(19)20/h4-6H,7-8H2,1-3H3,(H,18,21)(H,19,20). The number of nitrogens with one attached hydrogen (secondary N) is 1. The molecule has 2 rings (SSSR count). The number of hydrogen-bond acceptors (Lipinski definition) is 3. The lowest BCUT2D eigenvalue weighted by atomic mass is 9.98. The quantitative estimate of drug-likeness (QED) is 0.881. The fourth-order valence-electron chi connectivity index (χ4n) is 2.32. The number of amides is 1. The molecule has 0 saturated carbocycles. The van der Waals surface area contributed by atoms with Crippen molar-refractivity contribution in [3.05, 3.63) is 34.5 Å². The van der Waals surface area contributed by atoms with Crippen molar-refractivity contribution in [2.45, 2.75) is 39.2 Å². The van der Waals surface area contributed by atoms with Crippen LogP contribution in [0.2, 0.25) is 0 Å². The van der Waals surface area contributed by atoms with Crippen molar-refractivity contribution in [1.29, 1.82) is 0 Å². The topological polar surface area (TPSA) is 66.4 Å². The normalized spacial score (nSPS) is 11.6. The molecule has 118 valence electrons. The van der Waals surface area contributed by atoms with Gasteiger partial charge in [0.15, 0.2) is 0 Å². The molecule has 1 aromatic carbocycles. The Balaban J connectivity index is 2.25. The van der Waals surface area contributed by atoms with Gasteiger partial charge in [-0.15, -0.1) is 11.3 Å². The van der Waals surface area contributed by atoms with Crippen LogP contribution in [-0.2, 0) is 4.79 Å². The highest BCUT2D eigenvalue weighted by Gasteiger charge is 2.25. The molecule has 0 radical (unpaired) electrons. The highest BCUT2D eigenvalue weighted by atomic mass is 32.1. The van der Waals surface area contributed by atoms with Crippen LogP contribution in [0, 0.1) is 12.7 Å².